The fourth-order valence-corrected chi connectivity index (χ4v) is 12.3. The summed E-state index contributed by atoms with van der Waals surface area (Å²) in [6.07, 6.45) is 62.7. The first-order valence-corrected chi connectivity index (χ1v) is 41.2. The second kappa shape index (κ2) is 68.8. The van der Waals surface area contributed by atoms with Crippen LogP contribution in [0.4, 0.5) is 0 Å². The van der Waals surface area contributed by atoms with Crippen molar-refractivity contribution in [2.45, 2.75) is 380 Å². The number of rotatable bonds is 73. The number of carbonyl (C=O) groups is 4. The number of ether oxygens (including phenoxy) is 4. The van der Waals surface area contributed by atoms with E-state index in [9.17, 15) is 43.2 Å². The first-order chi connectivity index (χ1) is 45.7. The van der Waals surface area contributed by atoms with Crippen molar-refractivity contribution in [3.05, 3.63) is 36.5 Å². The molecule has 0 saturated carbocycles. The monoisotopic (exact) mass is 1370 g/mol. The fraction of sp³-hybridized carbons (Fsp3) is 0.867. The van der Waals surface area contributed by atoms with Gasteiger partial charge in [-0.2, -0.15) is 0 Å². The van der Waals surface area contributed by atoms with E-state index in [0.717, 1.165) is 128 Å². The standard InChI is InChI=1S/C75H140O17P2/c1-5-9-13-17-21-25-29-33-34-38-42-46-50-54-58-62-75(80)92-71(66-86-73(78)60-56-52-48-44-40-36-31-27-23-19-15-11-7-3)68-90-94(83,84)88-64-69(76)63-87-93(81,82)89-67-70(91-74(79)61-57-53-49-45-41-37-32-28-24-20-16-12-8-4)65-85-72(77)59-55-51-47-43-39-35-30-26-22-18-14-10-6-2/h21,25,27,31,33-34,69-71,76H,5-20,22-24,26,28-30,32,35-68H2,1-4H3,(H,81,82)(H,83,84)/b25-21-,31-27-,34-33-/t69-,70-,71-/m1/s1. The molecule has 3 N–H and O–H groups in total. The Hall–Kier alpha value is -2.72. The molecule has 0 fully saturated rings. The van der Waals surface area contributed by atoms with Crippen molar-refractivity contribution < 1.29 is 80.2 Å². The van der Waals surface area contributed by atoms with Crippen LogP contribution in [-0.2, 0) is 65.4 Å². The lowest BCUT2D eigenvalue weighted by Crippen LogP contribution is -2.30. The largest absolute Gasteiger partial charge is 0.472 e. The Morgan fingerprint density at radius 1 is 0.298 bits per heavy atom. The average Bonchev–Trinajstić information content (AvgIpc) is 2.26. The molecule has 5 atom stereocenters. The quantitative estimate of drug-likeness (QED) is 0.0169. The van der Waals surface area contributed by atoms with Gasteiger partial charge in [-0.25, -0.2) is 9.13 Å². The van der Waals surface area contributed by atoms with E-state index in [4.69, 9.17) is 37.0 Å². The van der Waals surface area contributed by atoms with Gasteiger partial charge in [-0.05, 0) is 83.5 Å². The smallest absolute Gasteiger partial charge is 0.462 e. The lowest BCUT2D eigenvalue weighted by molar-refractivity contribution is -0.161. The molecular formula is C75H140O17P2. The highest BCUT2D eigenvalue weighted by Gasteiger charge is 2.30. The number of unbranched alkanes of at least 4 members (excludes halogenated alkanes) is 41. The third-order valence-corrected chi connectivity index (χ3v) is 18.5. The summed E-state index contributed by atoms with van der Waals surface area (Å²) in [7, 11) is -9.93. The van der Waals surface area contributed by atoms with E-state index >= 15 is 0 Å². The predicted octanol–water partition coefficient (Wildman–Crippen LogP) is 21.6. The molecule has 0 aliphatic carbocycles. The summed E-state index contributed by atoms with van der Waals surface area (Å²) in [6, 6.07) is 0. The molecule has 0 aromatic rings. The maximum atomic E-state index is 13.1. The Bertz CT molecular complexity index is 1930. The number of carbonyl (C=O) groups excluding carboxylic acids is 4. The summed E-state index contributed by atoms with van der Waals surface area (Å²) >= 11 is 0. The van der Waals surface area contributed by atoms with Crippen LogP contribution in [0.3, 0.4) is 0 Å². The van der Waals surface area contributed by atoms with Crippen LogP contribution in [0, 0.1) is 0 Å². The van der Waals surface area contributed by atoms with Gasteiger partial charge in [0, 0.05) is 25.7 Å². The molecule has 552 valence electrons. The number of aliphatic hydroxyl groups excluding tert-OH is 1. The highest BCUT2D eigenvalue weighted by atomic mass is 31.2. The highest BCUT2D eigenvalue weighted by Crippen LogP contribution is 2.45. The van der Waals surface area contributed by atoms with Crippen molar-refractivity contribution in [2.24, 2.45) is 0 Å². The van der Waals surface area contributed by atoms with Crippen LogP contribution in [0.15, 0.2) is 36.5 Å². The first-order valence-electron chi connectivity index (χ1n) is 38.2. The zero-order chi connectivity index (χ0) is 69.0. The number of aliphatic hydroxyl groups is 1. The molecule has 0 aliphatic rings. The summed E-state index contributed by atoms with van der Waals surface area (Å²) in [5.74, 6) is -2.16. The van der Waals surface area contributed by atoms with Crippen LogP contribution in [0.5, 0.6) is 0 Å². The minimum absolute atomic E-state index is 0.0833. The molecule has 19 heteroatoms. The van der Waals surface area contributed by atoms with Crippen molar-refractivity contribution in [3.63, 3.8) is 0 Å². The lowest BCUT2D eigenvalue weighted by Gasteiger charge is -2.21. The molecule has 0 aromatic heterocycles. The Labute approximate surface area is 573 Å². The molecule has 0 bridgehead atoms. The summed E-state index contributed by atoms with van der Waals surface area (Å²) < 4.78 is 68.4. The van der Waals surface area contributed by atoms with Crippen LogP contribution in [0.1, 0.15) is 362 Å². The van der Waals surface area contributed by atoms with E-state index in [0.29, 0.717) is 25.7 Å². The zero-order valence-electron chi connectivity index (χ0n) is 60.2. The molecule has 0 amide bonds. The Balaban J connectivity index is 5.31. The molecule has 0 aliphatic heterocycles. The fourth-order valence-electron chi connectivity index (χ4n) is 10.7. The highest BCUT2D eigenvalue weighted by molar-refractivity contribution is 7.47. The average molecular weight is 1380 g/mol. The molecule has 0 rings (SSSR count). The molecule has 2 unspecified atom stereocenters. The number of phosphoric ester groups is 2. The second-order valence-electron chi connectivity index (χ2n) is 26.0. The van der Waals surface area contributed by atoms with Gasteiger partial charge in [0.15, 0.2) is 12.2 Å². The van der Waals surface area contributed by atoms with Gasteiger partial charge in [-0.15, -0.1) is 0 Å². The molecule has 94 heavy (non-hydrogen) atoms. The molecule has 0 radical (unpaired) electrons. The van der Waals surface area contributed by atoms with E-state index in [1.54, 1.807) is 0 Å². The van der Waals surface area contributed by atoms with Gasteiger partial charge in [-0.1, -0.05) is 289 Å². The van der Waals surface area contributed by atoms with E-state index in [1.807, 2.05) is 0 Å². The zero-order valence-corrected chi connectivity index (χ0v) is 61.9. The Kier molecular flexibility index (Phi) is 66.8. The van der Waals surface area contributed by atoms with Crippen LogP contribution < -0.4 is 0 Å². The third kappa shape index (κ3) is 67.8. The first kappa shape index (κ1) is 91.3. The van der Waals surface area contributed by atoms with Crippen LogP contribution in [0.25, 0.3) is 0 Å². The van der Waals surface area contributed by atoms with Gasteiger partial charge in [0.05, 0.1) is 26.4 Å². The molecule has 17 nitrogen and oxygen atoms in total. The van der Waals surface area contributed by atoms with Gasteiger partial charge in [0.1, 0.15) is 19.3 Å². The van der Waals surface area contributed by atoms with Crippen molar-refractivity contribution >= 4 is 39.5 Å². The SMILES string of the molecule is CCCCC/C=C\C/C=C\CCCCCCCC(=O)O[C@H](COC(=O)CCCCCCC/C=C\CCCCCC)COP(=O)(O)OC[C@H](O)COP(=O)(O)OC[C@@H](COC(=O)CCCCCCCCCCCCCCC)OC(=O)CCCCCCCCCCCCCCC. The van der Waals surface area contributed by atoms with Gasteiger partial charge in [-0.3, -0.25) is 37.3 Å². The third-order valence-electron chi connectivity index (χ3n) is 16.6. The van der Waals surface area contributed by atoms with Crippen molar-refractivity contribution in [2.75, 3.05) is 39.6 Å². The Morgan fingerprint density at radius 3 is 0.830 bits per heavy atom. The summed E-state index contributed by atoms with van der Waals surface area (Å²) in [4.78, 5) is 72.7. The van der Waals surface area contributed by atoms with Crippen LogP contribution in [-0.4, -0.2) is 96.7 Å². The van der Waals surface area contributed by atoms with Crippen molar-refractivity contribution in [1.82, 2.24) is 0 Å². The number of allylic oxidation sites excluding steroid dienone is 6. The summed E-state index contributed by atoms with van der Waals surface area (Å²) in [6.45, 7) is 4.88. The molecule has 0 heterocycles. The van der Waals surface area contributed by atoms with Gasteiger partial charge >= 0.3 is 39.5 Å². The number of hydrogen-bond donors (Lipinski definition) is 3. The van der Waals surface area contributed by atoms with Crippen molar-refractivity contribution in [1.29, 1.82) is 0 Å². The number of hydrogen-bond acceptors (Lipinski definition) is 15. The maximum Gasteiger partial charge on any atom is 0.472 e. The number of esters is 4. The molecular weight excluding hydrogens is 1230 g/mol. The van der Waals surface area contributed by atoms with Crippen LogP contribution >= 0.6 is 15.6 Å². The Morgan fingerprint density at radius 2 is 0.521 bits per heavy atom. The molecule has 0 spiro atoms. The van der Waals surface area contributed by atoms with Gasteiger partial charge in [0.2, 0.25) is 0 Å². The van der Waals surface area contributed by atoms with E-state index in [1.165, 1.54) is 154 Å². The summed E-state index contributed by atoms with van der Waals surface area (Å²) in [5, 5.41) is 10.6. The number of phosphoric acid groups is 2. The predicted molar refractivity (Wildman–Crippen MR) is 381 cm³/mol. The minimum atomic E-state index is -4.97. The van der Waals surface area contributed by atoms with Gasteiger partial charge < -0.3 is 33.8 Å². The van der Waals surface area contributed by atoms with Gasteiger partial charge in [0.25, 0.3) is 0 Å². The second-order valence-corrected chi connectivity index (χ2v) is 28.9. The van der Waals surface area contributed by atoms with E-state index < -0.39 is 97.5 Å². The topological polar surface area (TPSA) is 237 Å². The lowest BCUT2D eigenvalue weighted by atomic mass is 10.0. The summed E-state index contributed by atoms with van der Waals surface area (Å²) in [5.41, 5.74) is 0. The minimum Gasteiger partial charge on any atom is -0.462 e. The normalized spacial score (nSPS) is 14.2. The van der Waals surface area contributed by atoms with Crippen LogP contribution in [0.2, 0.25) is 0 Å². The molecule has 0 aromatic carbocycles. The maximum absolute atomic E-state index is 13.1. The molecule has 0 saturated heterocycles. The van der Waals surface area contributed by atoms with E-state index in [-0.39, 0.29) is 25.7 Å². The van der Waals surface area contributed by atoms with E-state index in [2.05, 4.69) is 64.2 Å². The van der Waals surface area contributed by atoms with Crippen molar-refractivity contribution in [3.8, 4) is 0 Å².